The Hall–Kier alpha value is -2.22. The van der Waals surface area contributed by atoms with Crippen molar-refractivity contribution in [3.63, 3.8) is 0 Å². The second-order valence-electron chi connectivity index (χ2n) is 7.45. The van der Waals surface area contributed by atoms with Crippen LogP contribution in [0.4, 0.5) is 0 Å². The molecule has 7 N–H and O–H groups in total. The van der Waals surface area contributed by atoms with Gasteiger partial charge in [0.1, 0.15) is 6.04 Å². The van der Waals surface area contributed by atoms with Crippen LogP contribution < -0.4 is 11.5 Å². The molecule has 0 fully saturated rings. The Bertz CT molecular complexity index is 571. The van der Waals surface area contributed by atoms with Crippen LogP contribution in [0.5, 0.6) is 0 Å². The summed E-state index contributed by atoms with van der Waals surface area (Å²) in [5.41, 5.74) is 10.3. The lowest BCUT2D eigenvalue weighted by Crippen LogP contribution is -2.30. The molecular weight excluding hydrogens is 408 g/mol. The fourth-order valence-electron chi connectivity index (χ4n) is 2.45. The number of carboxylic acids is 2. The van der Waals surface area contributed by atoms with Crippen LogP contribution in [0.1, 0.15) is 77.6 Å². The van der Waals surface area contributed by atoms with Crippen molar-refractivity contribution >= 4 is 11.9 Å². The first-order valence-electron chi connectivity index (χ1n) is 11.6. The number of unbranched alkanes of at least 4 members (excludes halogenated alkanes) is 3. The van der Waals surface area contributed by atoms with Crippen LogP contribution in [0.3, 0.4) is 0 Å². The number of nitrogens with two attached hydrogens (primary N) is 2. The van der Waals surface area contributed by atoms with E-state index in [1.54, 1.807) is 0 Å². The zero-order chi connectivity index (χ0) is 24.5. The molecule has 1 unspecified atom stereocenters. The number of carbonyl (C=O) groups is 2. The van der Waals surface area contributed by atoms with Gasteiger partial charge in [0, 0.05) is 6.42 Å². The highest BCUT2D eigenvalue weighted by molar-refractivity contribution is 5.72. The minimum atomic E-state index is -0.955. The maximum absolute atomic E-state index is 10.3. The van der Waals surface area contributed by atoms with Crippen LogP contribution in [0.2, 0.25) is 0 Å². The summed E-state index contributed by atoms with van der Waals surface area (Å²) >= 11 is 0. The van der Waals surface area contributed by atoms with E-state index in [1.807, 2.05) is 24.3 Å². The topological polar surface area (TPSA) is 147 Å². The number of aliphatic carboxylic acids is 2. The van der Waals surface area contributed by atoms with Crippen molar-refractivity contribution < 1.29 is 24.9 Å². The zero-order valence-electron chi connectivity index (χ0n) is 19.6. The van der Waals surface area contributed by atoms with E-state index < -0.39 is 18.0 Å². The first-order chi connectivity index (χ1) is 15.3. The van der Waals surface area contributed by atoms with Gasteiger partial charge in [0.15, 0.2) is 0 Å². The lowest BCUT2D eigenvalue weighted by molar-refractivity contribution is -0.139. The molecule has 0 saturated carbocycles. The molecule has 0 bridgehead atoms. The Morgan fingerprint density at radius 3 is 2.12 bits per heavy atom. The number of hydrogen-bond acceptors (Lipinski definition) is 5. The Labute approximate surface area is 193 Å². The van der Waals surface area contributed by atoms with Crippen LogP contribution in [0.25, 0.3) is 0 Å². The maximum Gasteiger partial charge on any atom is 0.320 e. The standard InChI is InChI=1S/C20H32O3.C5H12N2O2/c1-2-3-13-16-19(21)17-14-11-9-7-5-4-6-8-10-12-15-18-20(22)23;6-3-1-2-4(7)5(8)9/h4-5,8-11,14,17,19,21H,2-3,6-7,12-13,15-16,18H2,1H3,(H,22,23);4H,1-3,6-7H2,(H,8,9)/t;4-/m.0/s1. The number of aliphatic hydroxyl groups excluding tert-OH is 1. The van der Waals surface area contributed by atoms with Crippen molar-refractivity contribution in [2.45, 2.75) is 89.7 Å². The molecule has 0 saturated heterocycles. The van der Waals surface area contributed by atoms with E-state index in [-0.39, 0.29) is 12.5 Å². The van der Waals surface area contributed by atoms with E-state index in [1.165, 1.54) is 12.8 Å². The molecule has 2 atom stereocenters. The summed E-state index contributed by atoms with van der Waals surface area (Å²) in [6.45, 7) is 2.66. The minimum Gasteiger partial charge on any atom is -0.481 e. The van der Waals surface area contributed by atoms with Gasteiger partial charge < -0.3 is 26.8 Å². The maximum atomic E-state index is 10.3. The summed E-state index contributed by atoms with van der Waals surface area (Å²) in [6.07, 6.45) is 24.7. The number of allylic oxidation sites excluding steroid dienone is 7. The monoisotopic (exact) mass is 452 g/mol. The second kappa shape index (κ2) is 25.0. The number of aliphatic hydroxyl groups is 1. The van der Waals surface area contributed by atoms with Gasteiger partial charge in [0.05, 0.1) is 6.10 Å². The number of hydrogen-bond donors (Lipinski definition) is 5. The van der Waals surface area contributed by atoms with Crippen LogP contribution in [-0.4, -0.2) is 45.9 Å². The third-order valence-corrected chi connectivity index (χ3v) is 4.36. The molecule has 0 radical (unpaired) electrons. The van der Waals surface area contributed by atoms with Crippen molar-refractivity contribution in [2.24, 2.45) is 11.5 Å². The molecule has 184 valence electrons. The summed E-state index contributed by atoms with van der Waals surface area (Å²) < 4.78 is 0. The minimum absolute atomic E-state index is 0.242. The van der Waals surface area contributed by atoms with Crippen molar-refractivity contribution in [3.05, 3.63) is 48.6 Å². The molecule has 0 rings (SSSR count). The summed E-state index contributed by atoms with van der Waals surface area (Å²) in [7, 11) is 0. The average Bonchev–Trinajstić information content (AvgIpc) is 2.75. The Balaban J connectivity index is 0. The molecule has 0 spiro atoms. The summed E-state index contributed by atoms with van der Waals surface area (Å²) in [5, 5.41) is 26.4. The summed E-state index contributed by atoms with van der Waals surface area (Å²) in [4.78, 5) is 20.4. The van der Waals surface area contributed by atoms with E-state index in [0.717, 1.165) is 32.1 Å². The van der Waals surface area contributed by atoms with Crippen LogP contribution in [0.15, 0.2) is 48.6 Å². The van der Waals surface area contributed by atoms with Crippen LogP contribution in [0, 0.1) is 0 Å². The number of carboxylic acid groups (broad SMARTS) is 2. The van der Waals surface area contributed by atoms with Gasteiger partial charge in [0.25, 0.3) is 0 Å². The molecular formula is C25H44N2O5. The molecule has 0 aromatic carbocycles. The van der Waals surface area contributed by atoms with E-state index in [0.29, 0.717) is 25.8 Å². The third kappa shape index (κ3) is 27.8. The van der Waals surface area contributed by atoms with E-state index in [4.69, 9.17) is 21.7 Å². The van der Waals surface area contributed by atoms with Gasteiger partial charge in [-0.05, 0) is 51.5 Å². The van der Waals surface area contributed by atoms with Crippen molar-refractivity contribution in [3.8, 4) is 0 Å². The Morgan fingerprint density at radius 2 is 1.53 bits per heavy atom. The fourth-order valence-corrected chi connectivity index (χ4v) is 2.45. The molecule has 7 nitrogen and oxygen atoms in total. The lowest BCUT2D eigenvalue weighted by Gasteiger charge is -2.02. The highest BCUT2D eigenvalue weighted by Crippen LogP contribution is 2.04. The van der Waals surface area contributed by atoms with Gasteiger partial charge in [-0.3, -0.25) is 9.59 Å². The lowest BCUT2D eigenvalue weighted by atomic mass is 10.1. The van der Waals surface area contributed by atoms with Crippen LogP contribution in [-0.2, 0) is 9.59 Å². The third-order valence-electron chi connectivity index (χ3n) is 4.36. The Morgan fingerprint density at radius 1 is 0.875 bits per heavy atom. The fraction of sp³-hybridized carbons (Fsp3) is 0.600. The van der Waals surface area contributed by atoms with Gasteiger partial charge in [0.2, 0.25) is 0 Å². The SMILES string of the molecule is CCCCCC(O)C=CC=CCC=CCC=CCCCC(=O)O.NCCC[C@H](N)C(=O)O. The molecule has 0 aliphatic carbocycles. The normalized spacial score (nSPS) is 13.6. The predicted octanol–water partition coefficient (Wildman–Crippen LogP) is 4.32. The average molecular weight is 453 g/mol. The molecule has 7 heteroatoms. The highest BCUT2D eigenvalue weighted by atomic mass is 16.4. The van der Waals surface area contributed by atoms with Crippen molar-refractivity contribution in [2.75, 3.05) is 6.54 Å². The van der Waals surface area contributed by atoms with E-state index >= 15 is 0 Å². The van der Waals surface area contributed by atoms with E-state index in [9.17, 15) is 14.7 Å². The molecule has 0 aliphatic heterocycles. The molecule has 32 heavy (non-hydrogen) atoms. The molecule has 0 aliphatic rings. The Kier molecular flexibility index (Phi) is 25.0. The van der Waals surface area contributed by atoms with Crippen molar-refractivity contribution in [1.82, 2.24) is 0 Å². The first-order valence-corrected chi connectivity index (χ1v) is 11.6. The largest absolute Gasteiger partial charge is 0.481 e. The number of rotatable bonds is 18. The summed E-state index contributed by atoms with van der Waals surface area (Å²) in [6, 6.07) is -0.742. The quantitative estimate of drug-likeness (QED) is 0.118. The zero-order valence-corrected chi connectivity index (χ0v) is 19.6. The highest BCUT2D eigenvalue weighted by Gasteiger charge is 2.08. The van der Waals surface area contributed by atoms with E-state index in [2.05, 4.69) is 31.2 Å². The van der Waals surface area contributed by atoms with Gasteiger partial charge in [-0.1, -0.05) is 74.8 Å². The first kappa shape index (κ1) is 32.0. The van der Waals surface area contributed by atoms with Gasteiger partial charge in [-0.25, -0.2) is 0 Å². The molecule has 0 aromatic rings. The predicted molar refractivity (Wildman–Crippen MR) is 131 cm³/mol. The van der Waals surface area contributed by atoms with Crippen molar-refractivity contribution in [1.29, 1.82) is 0 Å². The molecule has 0 aromatic heterocycles. The second-order valence-corrected chi connectivity index (χ2v) is 7.45. The van der Waals surface area contributed by atoms with Crippen LogP contribution >= 0.6 is 0 Å². The summed E-state index contributed by atoms with van der Waals surface area (Å²) in [5.74, 6) is -1.68. The molecule has 0 amide bonds. The van der Waals surface area contributed by atoms with Gasteiger partial charge in [-0.15, -0.1) is 0 Å². The molecule has 0 heterocycles. The van der Waals surface area contributed by atoms with Gasteiger partial charge in [-0.2, -0.15) is 0 Å². The smallest absolute Gasteiger partial charge is 0.320 e. The van der Waals surface area contributed by atoms with Gasteiger partial charge >= 0.3 is 11.9 Å².